The quantitative estimate of drug-likeness (QED) is 0.846. The van der Waals surface area contributed by atoms with Crippen LogP contribution in [-0.2, 0) is 14.3 Å². The van der Waals surface area contributed by atoms with E-state index >= 15 is 0 Å². The molecule has 6 nitrogen and oxygen atoms in total. The highest BCUT2D eigenvalue weighted by molar-refractivity contribution is 5.95. The number of carbonyl (C=O) groups excluding carboxylic acids is 3. The van der Waals surface area contributed by atoms with Gasteiger partial charge < -0.3 is 9.47 Å². The number of amides is 2. The Labute approximate surface area is 112 Å². The lowest BCUT2D eigenvalue weighted by atomic mass is 10.2. The Balaban J connectivity index is 2.50. The molecule has 1 N–H and O–H groups in total. The van der Waals surface area contributed by atoms with Gasteiger partial charge in [0.1, 0.15) is 11.6 Å². The van der Waals surface area contributed by atoms with Gasteiger partial charge in [-0.25, -0.2) is 18.4 Å². The highest BCUT2D eigenvalue weighted by atomic mass is 19.1. The first-order valence-electron chi connectivity index (χ1n) is 5.52. The Hall–Kier alpha value is -2.51. The van der Waals surface area contributed by atoms with Crippen molar-refractivity contribution in [1.82, 2.24) is 5.32 Å². The van der Waals surface area contributed by atoms with Gasteiger partial charge in [-0.1, -0.05) is 0 Å². The number of nitrogens with one attached hydrogen (secondary N) is 1. The first-order valence-corrected chi connectivity index (χ1v) is 5.52. The summed E-state index contributed by atoms with van der Waals surface area (Å²) in [6.07, 6.45) is -0.981. The van der Waals surface area contributed by atoms with Crippen LogP contribution in [0.2, 0.25) is 0 Å². The summed E-state index contributed by atoms with van der Waals surface area (Å²) in [5.74, 6) is -3.92. The van der Waals surface area contributed by atoms with E-state index in [-0.39, 0.29) is 12.2 Å². The van der Waals surface area contributed by atoms with Crippen LogP contribution in [0.1, 0.15) is 17.3 Å². The van der Waals surface area contributed by atoms with Gasteiger partial charge in [-0.3, -0.25) is 10.1 Å². The molecule has 0 aliphatic heterocycles. The van der Waals surface area contributed by atoms with Crippen molar-refractivity contribution in [2.75, 3.05) is 13.2 Å². The summed E-state index contributed by atoms with van der Waals surface area (Å²) >= 11 is 0. The first-order chi connectivity index (χ1) is 9.42. The highest BCUT2D eigenvalue weighted by Gasteiger charge is 2.14. The molecule has 1 aromatic carbocycles. The number of rotatable bonds is 4. The molecular formula is C12H11F2NO5. The van der Waals surface area contributed by atoms with Gasteiger partial charge >= 0.3 is 12.1 Å². The lowest BCUT2D eigenvalue weighted by molar-refractivity contribution is -0.123. The van der Waals surface area contributed by atoms with Gasteiger partial charge in [-0.2, -0.15) is 0 Å². The number of carbonyl (C=O) groups is 3. The zero-order valence-electron chi connectivity index (χ0n) is 10.4. The van der Waals surface area contributed by atoms with E-state index in [1.807, 2.05) is 0 Å². The van der Waals surface area contributed by atoms with E-state index in [9.17, 15) is 23.2 Å². The molecule has 108 valence electrons. The zero-order valence-corrected chi connectivity index (χ0v) is 10.4. The summed E-state index contributed by atoms with van der Waals surface area (Å²) in [6, 6.07) is 2.10. The smallest absolute Gasteiger partial charge is 0.413 e. The molecule has 0 aromatic heterocycles. The van der Waals surface area contributed by atoms with Crippen molar-refractivity contribution in [3.05, 3.63) is 35.4 Å². The van der Waals surface area contributed by atoms with Crippen LogP contribution in [0.25, 0.3) is 0 Å². The van der Waals surface area contributed by atoms with E-state index < -0.39 is 36.2 Å². The molecule has 0 heterocycles. The van der Waals surface area contributed by atoms with Crippen molar-refractivity contribution in [1.29, 1.82) is 0 Å². The van der Waals surface area contributed by atoms with Gasteiger partial charge in [0.05, 0.1) is 12.2 Å². The fourth-order valence-electron chi connectivity index (χ4n) is 1.20. The van der Waals surface area contributed by atoms with Crippen molar-refractivity contribution >= 4 is 18.0 Å². The summed E-state index contributed by atoms with van der Waals surface area (Å²) in [7, 11) is 0. The minimum atomic E-state index is -1.09. The molecule has 0 atom stereocenters. The lowest BCUT2D eigenvalue weighted by Gasteiger charge is -2.06. The molecule has 0 spiro atoms. The Bertz CT molecular complexity index is 512. The van der Waals surface area contributed by atoms with Crippen LogP contribution in [0.5, 0.6) is 0 Å². The number of halogens is 2. The number of hydrogen-bond acceptors (Lipinski definition) is 5. The molecule has 0 radical (unpaired) electrons. The molecule has 0 saturated carbocycles. The van der Waals surface area contributed by atoms with Gasteiger partial charge in [-0.15, -0.1) is 0 Å². The molecule has 0 aliphatic rings. The largest absolute Gasteiger partial charge is 0.452 e. The third-order valence-corrected chi connectivity index (χ3v) is 1.95. The molecule has 0 bridgehead atoms. The number of hydrogen-bond donors (Lipinski definition) is 1. The molecule has 8 heteroatoms. The SMILES string of the molecule is CCOC(=O)NC(=O)COC(=O)c1cc(F)cc(F)c1. The fraction of sp³-hybridized carbons (Fsp3) is 0.250. The number of imide groups is 1. The molecule has 0 saturated heterocycles. The van der Waals surface area contributed by atoms with Crippen molar-refractivity contribution < 1.29 is 32.6 Å². The van der Waals surface area contributed by atoms with Crippen LogP contribution in [0.15, 0.2) is 18.2 Å². The topological polar surface area (TPSA) is 81.7 Å². The molecule has 2 amide bonds. The second kappa shape index (κ2) is 7.17. The maximum Gasteiger partial charge on any atom is 0.413 e. The maximum absolute atomic E-state index is 12.9. The van der Waals surface area contributed by atoms with Crippen LogP contribution in [-0.4, -0.2) is 31.2 Å². The predicted molar refractivity (Wildman–Crippen MR) is 61.8 cm³/mol. The third-order valence-electron chi connectivity index (χ3n) is 1.95. The van der Waals surface area contributed by atoms with Crippen molar-refractivity contribution in [3.8, 4) is 0 Å². The van der Waals surface area contributed by atoms with Crippen LogP contribution in [0, 0.1) is 11.6 Å². The second-order valence-corrected chi connectivity index (χ2v) is 3.50. The van der Waals surface area contributed by atoms with Gasteiger partial charge in [0, 0.05) is 6.07 Å². The monoisotopic (exact) mass is 287 g/mol. The number of ether oxygens (including phenoxy) is 2. The van der Waals surface area contributed by atoms with Crippen molar-refractivity contribution in [2.45, 2.75) is 6.92 Å². The number of benzene rings is 1. The Morgan fingerprint density at radius 3 is 2.25 bits per heavy atom. The summed E-state index contributed by atoms with van der Waals surface area (Å²) < 4.78 is 34.6. The second-order valence-electron chi connectivity index (χ2n) is 3.50. The molecule has 0 unspecified atom stereocenters. The highest BCUT2D eigenvalue weighted by Crippen LogP contribution is 2.09. The average Bonchev–Trinajstić information content (AvgIpc) is 2.35. The fourth-order valence-corrected chi connectivity index (χ4v) is 1.20. The zero-order chi connectivity index (χ0) is 15.1. The van der Waals surface area contributed by atoms with E-state index in [1.165, 1.54) is 0 Å². The predicted octanol–water partition coefficient (Wildman–Crippen LogP) is 1.39. The number of esters is 1. The van der Waals surface area contributed by atoms with Gasteiger partial charge in [0.25, 0.3) is 5.91 Å². The van der Waals surface area contributed by atoms with Crippen LogP contribution in [0.3, 0.4) is 0 Å². The maximum atomic E-state index is 12.9. The lowest BCUT2D eigenvalue weighted by Crippen LogP contribution is -2.34. The standard InChI is InChI=1S/C12H11F2NO5/c1-2-19-12(18)15-10(16)6-20-11(17)7-3-8(13)5-9(14)4-7/h3-5H,2,6H2,1H3,(H,15,16,18). The van der Waals surface area contributed by atoms with Crippen LogP contribution >= 0.6 is 0 Å². The molecule has 0 fully saturated rings. The summed E-state index contributed by atoms with van der Waals surface area (Å²) in [5.41, 5.74) is -0.383. The Morgan fingerprint density at radius 2 is 1.70 bits per heavy atom. The van der Waals surface area contributed by atoms with Crippen LogP contribution < -0.4 is 5.32 Å². The minimum Gasteiger partial charge on any atom is -0.452 e. The van der Waals surface area contributed by atoms with E-state index in [2.05, 4.69) is 9.47 Å². The van der Waals surface area contributed by atoms with E-state index in [0.29, 0.717) is 6.07 Å². The molecule has 1 aromatic rings. The van der Waals surface area contributed by atoms with Crippen molar-refractivity contribution in [3.63, 3.8) is 0 Å². The van der Waals surface area contributed by atoms with E-state index in [0.717, 1.165) is 12.1 Å². The average molecular weight is 287 g/mol. The molecule has 20 heavy (non-hydrogen) atoms. The molecular weight excluding hydrogens is 276 g/mol. The Kier molecular flexibility index (Phi) is 5.57. The number of alkyl carbamates (subject to hydrolysis) is 1. The minimum absolute atomic E-state index is 0.0709. The van der Waals surface area contributed by atoms with E-state index in [4.69, 9.17) is 0 Å². The molecule has 0 aliphatic carbocycles. The van der Waals surface area contributed by atoms with Gasteiger partial charge in [0.2, 0.25) is 0 Å². The van der Waals surface area contributed by atoms with Gasteiger partial charge in [0.15, 0.2) is 6.61 Å². The van der Waals surface area contributed by atoms with E-state index in [1.54, 1.807) is 12.2 Å². The normalized spacial score (nSPS) is 9.75. The summed E-state index contributed by atoms with van der Waals surface area (Å²) in [5, 5.41) is 1.78. The first kappa shape index (κ1) is 15.5. The van der Waals surface area contributed by atoms with Crippen molar-refractivity contribution in [2.24, 2.45) is 0 Å². The molecule has 1 rings (SSSR count). The summed E-state index contributed by atoms with van der Waals surface area (Å²) in [4.78, 5) is 33.4. The summed E-state index contributed by atoms with van der Waals surface area (Å²) in [6.45, 7) is 0.833. The Morgan fingerprint density at radius 1 is 1.10 bits per heavy atom. The third kappa shape index (κ3) is 5.01. The van der Waals surface area contributed by atoms with Crippen LogP contribution in [0.4, 0.5) is 13.6 Å². The van der Waals surface area contributed by atoms with Gasteiger partial charge in [-0.05, 0) is 19.1 Å².